The zero-order chi connectivity index (χ0) is 26.6. The predicted molar refractivity (Wildman–Crippen MR) is 136 cm³/mol. The van der Waals surface area contributed by atoms with E-state index in [1.807, 2.05) is 11.8 Å². The summed E-state index contributed by atoms with van der Waals surface area (Å²) < 4.78 is 38.3. The molecule has 0 unspecified atom stereocenters. The van der Waals surface area contributed by atoms with E-state index in [-0.39, 0.29) is 17.4 Å². The minimum Gasteiger partial charge on any atom is -0.476 e. The number of amides is 1. The zero-order valence-corrected chi connectivity index (χ0v) is 22.5. The molecule has 2 aliphatic heterocycles. The fourth-order valence-electron chi connectivity index (χ4n) is 4.62. The topological polar surface area (TPSA) is 160 Å². The van der Waals surface area contributed by atoms with E-state index in [0.29, 0.717) is 82.2 Å². The summed E-state index contributed by atoms with van der Waals surface area (Å²) in [5.74, 6) is 2.15. The fraction of sp³-hybridized carbons (Fsp3) is 0.739. The molecule has 0 spiro atoms. The standard InChI is InChI=1S/C23H35N9O5S/c1-23(6-7-23)37-22(33)31-8-4-18(5-9-31)17-36-21-16-24-20(15-25-21)30-10-12-32(13-11-30)38(34,35)14-2-3-19-26-28-29-27-19/h15-16,18H,2-14,17H2,1H3,(H,26,27,28,29). The molecule has 0 aromatic carbocycles. The minimum atomic E-state index is -3.34. The number of anilines is 1. The van der Waals surface area contributed by atoms with Crippen molar-refractivity contribution < 1.29 is 22.7 Å². The molecule has 1 saturated carbocycles. The van der Waals surface area contributed by atoms with Crippen molar-refractivity contribution in [2.45, 2.75) is 51.0 Å². The average Bonchev–Trinajstić information content (AvgIpc) is 3.41. The molecule has 0 bridgehead atoms. The van der Waals surface area contributed by atoms with E-state index in [1.165, 1.54) is 4.31 Å². The fourth-order valence-corrected chi connectivity index (χ4v) is 6.10. The van der Waals surface area contributed by atoms with Crippen molar-refractivity contribution in [1.82, 2.24) is 39.8 Å². The number of tetrazole rings is 1. The summed E-state index contributed by atoms with van der Waals surface area (Å²) in [6.07, 6.45) is 7.65. The van der Waals surface area contributed by atoms with E-state index in [4.69, 9.17) is 9.47 Å². The number of carbonyl (C=O) groups is 1. The highest BCUT2D eigenvalue weighted by molar-refractivity contribution is 7.89. The van der Waals surface area contributed by atoms with Crippen molar-refractivity contribution in [3.05, 3.63) is 18.2 Å². The molecular formula is C23H35N9O5S. The summed E-state index contributed by atoms with van der Waals surface area (Å²) in [5, 5.41) is 13.4. The van der Waals surface area contributed by atoms with Gasteiger partial charge in [-0.25, -0.2) is 28.3 Å². The summed E-state index contributed by atoms with van der Waals surface area (Å²) in [4.78, 5) is 25.0. The summed E-state index contributed by atoms with van der Waals surface area (Å²) >= 11 is 0. The number of ether oxygens (including phenoxy) is 2. The number of nitrogens with zero attached hydrogens (tertiary/aromatic N) is 8. The van der Waals surface area contributed by atoms with Crippen LogP contribution in [0.15, 0.2) is 12.4 Å². The van der Waals surface area contributed by atoms with Crippen LogP contribution in [0.4, 0.5) is 10.6 Å². The van der Waals surface area contributed by atoms with E-state index in [1.54, 1.807) is 17.3 Å². The van der Waals surface area contributed by atoms with Crippen molar-refractivity contribution in [3.8, 4) is 5.88 Å². The van der Waals surface area contributed by atoms with Gasteiger partial charge in [-0.3, -0.25) is 0 Å². The Morgan fingerprint density at radius 2 is 1.87 bits per heavy atom. The quantitative estimate of drug-likeness (QED) is 0.448. The Morgan fingerprint density at radius 1 is 1.11 bits per heavy atom. The number of aryl methyl sites for hydroxylation is 1. The number of aromatic nitrogens is 6. The van der Waals surface area contributed by atoms with E-state index >= 15 is 0 Å². The zero-order valence-electron chi connectivity index (χ0n) is 21.7. The molecule has 208 valence electrons. The van der Waals surface area contributed by atoms with Crippen LogP contribution in [-0.4, -0.2) is 112 Å². The largest absolute Gasteiger partial charge is 0.476 e. The van der Waals surface area contributed by atoms with Crippen LogP contribution in [-0.2, 0) is 21.2 Å². The number of aromatic amines is 1. The number of carbonyl (C=O) groups excluding carboxylic acids is 1. The van der Waals surface area contributed by atoms with Gasteiger partial charge in [-0.15, -0.1) is 5.10 Å². The van der Waals surface area contributed by atoms with Gasteiger partial charge < -0.3 is 19.3 Å². The lowest BCUT2D eigenvalue weighted by Gasteiger charge is -2.34. The van der Waals surface area contributed by atoms with Crippen LogP contribution in [0.5, 0.6) is 5.88 Å². The van der Waals surface area contributed by atoms with Crippen LogP contribution in [0.25, 0.3) is 0 Å². The van der Waals surface area contributed by atoms with Gasteiger partial charge >= 0.3 is 6.09 Å². The molecule has 3 aliphatic rings. The van der Waals surface area contributed by atoms with Crippen molar-refractivity contribution in [1.29, 1.82) is 0 Å². The number of nitrogens with one attached hydrogen (secondary N) is 1. The molecule has 2 aromatic rings. The smallest absolute Gasteiger partial charge is 0.410 e. The van der Waals surface area contributed by atoms with Gasteiger partial charge in [-0.05, 0) is 55.4 Å². The molecule has 15 heteroatoms. The molecule has 1 aliphatic carbocycles. The number of piperidine rings is 1. The Kier molecular flexibility index (Phi) is 7.93. The molecule has 0 atom stereocenters. The molecule has 1 amide bonds. The lowest BCUT2D eigenvalue weighted by Crippen LogP contribution is -2.49. The summed E-state index contributed by atoms with van der Waals surface area (Å²) in [5.41, 5.74) is -0.245. The molecular weight excluding hydrogens is 514 g/mol. The number of sulfonamides is 1. The highest BCUT2D eigenvalue weighted by Gasteiger charge is 2.43. The van der Waals surface area contributed by atoms with Crippen LogP contribution in [0.1, 0.15) is 44.9 Å². The molecule has 4 heterocycles. The Bertz CT molecular complexity index is 1160. The van der Waals surface area contributed by atoms with Gasteiger partial charge in [-0.2, -0.15) is 4.31 Å². The second kappa shape index (κ2) is 11.4. The van der Waals surface area contributed by atoms with Gasteiger partial charge in [0.2, 0.25) is 15.9 Å². The maximum Gasteiger partial charge on any atom is 0.410 e. The summed E-state index contributed by atoms with van der Waals surface area (Å²) in [7, 11) is -3.34. The van der Waals surface area contributed by atoms with E-state index in [2.05, 4.69) is 30.6 Å². The van der Waals surface area contributed by atoms with Crippen molar-refractivity contribution in [2.75, 3.05) is 56.5 Å². The van der Waals surface area contributed by atoms with Crippen LogP contribution >= 0.6 is 0 Å². The monoisotopic (exact) mass is 549 g/mol. The second-order valence-electron chi connectivity index (χ2n) is 10.4. The number of piperazine rings is 1. The molecule has 5 rings (SSSR count). The van der Waals surface area contributed by atoms with E-state index in [0.717, 1.165) is 25.7 Å². The van der Waals surface area contributed by atoms with Crippen LogP contribution < -0.4 is 9.64 Å². The number of H-pyrrole nitrogens is 1. The second-order valence-corrected chi connectivity index (χ2v) is 12.5. The van der Waals surface area contributed by atoms with E-state index < -0.39 is 10.0 Å². The summed E-state index contributed by atoms with van der Waals surface area (Å²) in [6, 6.07) is 0. The maximum atomic E-state index is 12.7. The molecule has 0 radical (unpaired) electrons. The van der Waals surface area contributed by atoms with Gasteiger partial charge in [0, 0.05) is 45.7 Å². The van der Waals surface area contributed by atoms with Crippen LogP contribution in [0, 0.1) is 5.92 Å². The number of hydrogen-bond donors (Lipinski definition) is 1. The summed E-state index contributed by atoms with van der Waals surface area (Å²) in [6.45, 7) is 5.74. The van der Waals surface area contributed by atoms with Crippen LogP contribution in [0.3, 0.4) is 0 Å². The van der Waals surface area contributed by atoms with Gasteiger partial charge in [0.05, 0.1) is 24.8 Å². The first-order valence-electron chi connectivity index (χ1n) is 13.2. The maximum absolute atomic E-state index is 12.7. The molecule has 2 saturated heterocycles. The van der Waals surface area contributed by atoms with Crippen LogP contribution in [0.2, 0.25) is 0 Å². The molecule has 2 aromatic heterocycles. The van der Waals surface area contributed by atoms with Gasteiger partial charge in [0.1, 0.15) is 17.2 Å². The Hall–Kier alpha value is -3.07. The van der Waals surface area contributed by atoms with Gasteiger partial charge in [0.15, 0.2) is 0 Å². The first-order valence-corrected chi connectivity index (χ1v) is 14.8. The van der Waals surface area contributed by atoms with Crippen molar-refractivity contribution in [2.24, 2.45) is 5.92 Å². The Balaban J connectivity index is 1.01. The normalized spacial score (nSPS) is 20.3. The molecule has 38 heavy (non-hydrogen) atoms. The Morgan fingerprint density at radius 3 is 2.50 bits per heavy atom. The lowest BCUT2D eigenvalue weighted by atomic mass is 9.98. The van der Waals surface area contributed by atoms with Gasteiger partial charge in [-0.1, -0.05) is 0 Å². The van der Waals surface area contributed by atoms with Crippen molar-refractivity contribution >= 4 is 21.9 Å². The van der Waals surface area contributed by atoms with Crippen molar-refractivity contribution in [3.63, 3.8) is 0 Å². The third-order valence-electron chi connectivity index (χ3n) is 7.40. The van der Waals surface area contributed by atoms with E-state index in [9.17, 15) is 13.2 Å². The predicted octanol–water partition coefficient (Wildman–Crippen LogP) is 0.854. The first-order chi connectivity index (χ1) is 18.3. The highest BCUT2D eigenvalue weighted by atomic mass is 32.2. The number of likely N-dealkylation sites (tertiary alicyclic amines) is 1. The SMILES string of the molecule is CC1(OC(=O)N2CCC(COc3cnc(N4CCN(S(=O)(=O)CCCc5nnn[nH]5)CC4)cn3)CC2)CC1. The Labute approximate surface area is 222 Å². The first kappa shape index (κ1) is 26.5. The third kappa shape index (κ3) is 6.87. The average molecular weight is 550 g/mol. The minimum absolute atomic E-state index is 0.0576. The number of rotatable bonds is 10. The number of hydrogen-bond acceptors (Lipinski definition) is 11. The third-order valence-corrected chi connectivity index (χ3v) is 9.36. The highest BCUT2D eigenvalue weighted by Crippen LogP contribution is 2.39. The molecule has 1 N–H and O–H groups in total. The molecule has 3 fully saturated rings. The lowest BCUT2D eigenvalue weighted by molar-refractivity contribution is 0.0454. The molecule has 14 nitrogen and oxygen atoms in total. The van der Waals surface area contributed by atoms with Gasteiger partial charge in [0.25, 0.3) is 0 Å².